The second-order valence-electron chi connectivity index (χ2n) is 6.29. The van der Waals surface area contributed by atoms with Crippen molar-refractivity contribution in [3.63, 3.8) is 0 Å². The minimum absolute atomic E-state index is 0.0501. The van der Waals surface area contributed by atoms with Crippen LogP contribution in [0.4, 0.5) is 0 Å². The molecule has 1 fully saturated rings. The maximum Gasteiger partial charge on any atom is 0.179 e. The van der Waals surface area contributed by atoms with Crippen LogP contribution in [0, 0.1) is 0 Å². The molecule has 1 aliphatic heterocycles. The number of likely N-dealkylation sites (tertiary alicyclic amines) is 1. The van der Waals surface area contributed by atoms with Crippen molar-refractivity contribution >= 4 is 5.78 Å². The van der Waals surface area contributed by atoms with Crippen LogP contribution in [-0.2, 0) is 6.42 Å². The number of benzene rings is 1. The maximum atomic E-state index is 12.6. The molecule has 1 aliphatic rings. The van der Waals surface area contributed by atoms with E-state index >= 15 is 0 Å². The van der Waals surface area contributed by atoms with E-state index in [4.69, 9.17) is 0 Å². The molecule has 3 heteroatoms. The van der Waals surface area contributed by atoms with E-state index in [9.17, 15) is 4.79 Å². The minimum atomic E-state index is -0.0501. The zero-order valence-electron chi connectivity index (χ0n) is 13.8. The van der Waals surface area contributed by atoms with Gasteiger partial charge in [0, 0.05) is 11.6 Å². The molecule has 1 saturated heterocycles. The Morgan fingerprint density at radius 3 is 2.38 bits per heavy atom. The van der Waals surface area contributed by atoms with Crippen LogP contribution < -0.4 is 0 Å². The summed E-state index contributed by atoms with van der Waals surface area (Å²) in [5.74, 6) is 0.235. The van der Waals surface area contributed by atoms with Crippen molar-refractivity contribution in [1.29, 1.82) is 0 Å². The summed E-state index contributed by atoms with van der Waals surface area (Å²) >= 11 is 0. The van der Waals surface area contributed by atoms with Crippen LogP contribution in [0.3, 0.4) is 0 Å². The molecule has 21 heavy (non-hydrogen) atoms. The number of rotatable bonds is 5. The van der Waals surface area contributed by atoms with Gasteiger partial charge < -0.3 is 4.90 Å². The Balaban J connectivity index is 2.00. The van der Waals surface area contributed by atoms with E-state index in [1.54, 1.807) is 0 Å². The molecule has 1 atom stereocenters. The fourth-order valence-electron chi connectivity index (χ4n) is 3.05. The summed E-state index contributed by atoms with van der Waals surface area (Å²) in [5.41, 5.74) is 2.11. The van der Waals surface area contributed by atoms with Crippen molar-refractivity contribution in [2.75, 3.05) is 27.2 Å². The number of aryl methyl sites for hydroxylation is 1. The van der Waals surface area contributed by atoms with E-state index in [-0.39, 0.29) is 11.8 Å². The Kier molecular flexibility index (Phi) is 5.54. The molecule has 0 bridgehead atoms. The van der Waals surface area contributed by atoms with Crippen LogP contribution in [0.2, 0.25) is 0 Å². The third-order valence-electron chi connectivity index (χ3n) is 4.90. The molecule has 0 spiro atoms. The van der Waals surface area contributed by atoms with Gasteiger partial charge in [0.15, 0.2) is 5.78 Å². The highest BCUT2D eigenvalue weighted by Crippen LogP contribution is 2.18. The van der Waals surface area contributed by atoms with E-state index in [0.717, 1.165) is 37.9 Å². The van der Waals surface area contributed by atoms with E-state index in [2.05, 4.69) is 43.0 Å². The number of carbonyl (C=O) groups is 1. The van der Waals surface area contributed by atoms with Gasteiger partial charge in [-0.25, -0.2) is 0 Å². The SMILES string of the molecule is CCc1ccc(C(=O)C(C)N(C)C2CCN(C)CC2)cc1. The normalized spacial score (nSPS) is 18.9. The Hall–Kier alpha value is -1.19. The lowest BCUT2D eigenvalue weighted by Gasteiger charge is -2.37. The van der Waals surface area contributed by atoms with Crippen molar-refractivity contribution < 1.29 is 4.79 Å². The van der Waals surface area contributed by atoms with E-state index in [0.29, 0.717) is 6.04 Å². The van der Waals surface area contributed by atoms with Crippen molar-refractivity contribution in [3.8, 4) is 0 Å². The van der Waals surface area contributed by atoms with Gasteiger partial charge in [0.1, 0.15) is 0 Å². The summed E-state index contributed by atoms with van der Waals surface area (Å²) in [7, 11) is 4.26. The fourth-order valence-corrected chi connectivity index (χ4v) is 3.05. The molecule has 3 nitrogen and oxygen atoms in total. The van der Waals surface area contributed by atoms with Gasteiger partial charge in [0.05, 0.1) is 6.04 Å². The summed E-state index contributed by atoms with van der Waals surface area (Å²) in [4.78, 5) is 17.3. The first-order valence-corrected chi connectivity index (χ1v) is 8.06. The highest BCUT2D eigenvalue weighted by Gasteiger charge is 2.27. The second kappa shape index (κ2) is 7.19. The molecule has 0 saturated carbocycles. The number of likely N-dealkylation sites (N-methyl/N-ethyl adjacent to an activating group) is 1. The average molecular weight is 288 g/mol. The lowest BCUT2D eigenvalue weighted by Crippen LogP contribution is -2.47. The van der Waals surface area contributed by atoms with Gasteiger partial charge >= 0.3 is 0 Å². The predicted molar refractivity (Wildman–Crippen MR) is 87.9 cm³/mol. The third-order valence-corrected chi connectivity index (χ3v) is 4.90. The van der Waals surface area contributed by atoms with Gasteiger partial charge in [-0.1, -0.05) is 31.2 Å². The molecule has 0 N–H and O–H groups in total. The number of nitrogens with zero attached hydrogens (tertiary/aromatic N) is 2. The molecule has 0 aromatic heterocycles. The first kappa shape index (κ1) is 16.2. The zero-order valence-corrected chi connectivity index (χ0v) is 13.8. The molecule has 0 radical (unpaired) electrons. The summed E-state index contributed by atoms with van der Waals surface area (Å²) in [6.07, 6.45) is 3.32. The van der Waals surface area contributed by atoms with Crippen LogP contribution in [0.15, 0.2) is 24.3 Å². The first-order valence-electron chi connectivity index (χ1n) is 8.06. The molecule has 116 valence electrons. The molecular formula is C18H28N2O. The van der Waals surface area contributed by atoms with Gasteiger partial charge in [-0.2, -0.15) is 0 Å². The van der Waals surface area contributed by atoms with Crippen LogP contribution in [0.1, 0.15) is 42.6 Å². The van der Waals surface area contributed by atoms with E-state index < -0.39 is 0 Å². The van der Waals surface area contributed by atoms with Gasteiger partial charge in [-0.05, 0) is 58.9 Å². The number of hydrogen-bond donors (Lipinski definition) is 0. The number of piperidine rings is 1. The minimum Gasteiger partial charge on any atom is -0.306 e. The lowest BCUT2D eigenvalue weighted by molar-refractivity contribution is 0.0731. The molecular weight excluding hydrogens is 260 g/mol. The topological polar surface area (TPSA) is 23.6 Å². The van der Waals surface area contributed by atoms with Gasteiger partial charge in [0.2, 0.25) is 0 Å². The summed E-state index contributed by atoms with van der Waals surface area (Å²) in [6, 6.07) is 8.55. The Labute approximate surface area is 128 Å². The number of carbonyl (C=O) groups excluding carboxylic acids is 1. The monoisotopic (exact) mass is 288 g/mol. The molecule has 0 amide bonds. The van der Waals surface area contributed by atoms with Gasteiger partial charge in [-0.3, -0.25) is 9.69 Å². The smallest absolute Gasteiger partial charge is 0.179 e. The lowest BCUT2D eigenvalue weighted by atomic mass is 9.98. The van der Waals surface area contributed by atoms with Crippen LogP contribution in [0.25, 0.3) is 0 Å². The van der Waals surface area contributed by atoms with Crippen molar-refractivity contribution in [2.45, 2.75) is 45.2 Å². The Bertz CT molecular complexity index is 461. The maximum absolute atomic E-state index is 12.6. The molecule has 2 rings (SSSR count). The standard InChI is InChI=1S/C18H28N2O/c1-5-15-6-8-16(9-7-15)18(21)14(2)20(4)17-10-12-19(3)13-11-17/h6-9,14,17H,5,10-13H2,1-4H3. The first-order chi connectivity index (χ1) is 10.0. The Morgan fingerprint density at radius 1 is 1.29 bits per heavy atom. The number of ketones is 1. The summed E-state index contributed by atoms with van der Waals surface area (Å²) in [5, 5.41) is 0. The number of Topliss-reactive ketones (excluding diaryl/α,β-unsaturated/α-hetero) is 1. The Morgan fingerprint density at radius 2 is 1.86 bits per heavy atom. The average Bonchev–Trinajstić information content (AvgIpc) is 2.53. The van der Waals surface area contributed by atoms with Crippen LogP contribution in [0.5, 0.6) is 0 Å². The molecule has 1 aromatic rings. The highest BCUT2D eigenvalue weighted by atomic mass is 16.1. The summed E-state index contributed by atoms with van der Waals surface area (Å²) < 4.78 is 0. The van der Waals surface area contributed by atoms with Crippen molar-refractivity contribution in [2.24, 2.45) is 0 Å². The largest absolute Gasteiger partial charge is 0.306 e. The van der Waals surface area contributed by atoms with Crippen molar-refractivity contribution in [3.05, 3.63) is 35.4 Å². The van der Waals surface area contributed by atoms with Crippen molar-refractivity contribution in [1.82, 2.24) is 9.80 Å². The fraction of sp³-hybridized carbons (Fsp3) is 0.611. The number of hydrogen-bond acceptors (Lipinski definition) is 3. The highest BCUT2D eigenvalue weighted by molar-refractivity contribution is 5.99. The zero-order chi connectivity index (χ0) is 15.4. The van der Waals surface area contributed by atoms with E-state index in [1.807, 2.05) is 19.1 Å². The molecule has 0 aliphatic carbocycles. The second-order valence-corrected chi connectivity index (χ2v) is 6.29. The molecule has 1 heterocycles. The quantitative estimate of drug-likeness (QED) is 0.778. The predicted octanol–water partition coefficient (Wildman–Crippen LogP) is 2.85. The van der Waals surface area contributed by atoms with Crippen LogP contribution in [-0.4, -0.2) is 54.9 Å². The van der Waals surface area contributed by atoms with Gasteiger partial charge in [0.25, 0.3) is 0 Å². The van der Waals surface area contributed by atoms with E-state index in [1.165, 1.54) is 5.56 Å². The van der Waals surface area contributed by atoms with Gasteiger partial charge in [-0.15, -0.1) is 0 Å². The molecule has 1 unspecified atom stereocenters. The summed E-state index contributed by atoms with van der Waals surface area (Å²) in [6.45, 7) is 6.42. The van der Waals surface area contributed by atoms with Crippen LogP contribution >= 0.6 is 0 Å². The third kappa shape index (κ3) is 3.92. The molecule has 1 aromatic carbocycles.